The van der Waals surface area contributed by atoms with Crippen LogP contribution in [-0.4, -0.2) is 25.9 Å². The molecule has 8 heteroatoms. The van der Waals surface area contributed by atoms with Crippen molar-refractivity contribution in [2.75, 3.05) is 11.9 Å². The number of sulfonamides is 1. The fraction of sp³-hybridized carbons (Fsp3) is 0.200. The van der Waals surface area contributed by atoms with E-state index >= 15 is 0 Å². The molecule has 0 aliphatic carbocycles. The Kier molecular flexibility index (Phi) is 5.93. The van der Waals surface area contributed by atoms with E-state index in [2.05, 4.69) is 15.0 Å². The number of carbonyl (C=O) groups excluding carboxylic acids is 1. The number of aryl methyl sites for hydroxylation is 2. The van der Waals surface area contributed by atoms with Gasteiger partial charge in [-0.05, 0) is 31.5 Å². The van der Waals surface area contributed by atoms with E-state index in [1.807, 2.05) is 36.6 Å². The summed E-state index contributed by atoms with van der Waals surface area (Å²) < 4.78 is 26.8. The number of thiazole rings is 1. The molecule has 146 valence electrons. The van der Waals surface area contributed by atoms with E-state index in [0.717, 1.165) is 16.8 Å². The highest BCUT2D eigenvalue weighted by Gasteiger charge is 2.18. The highest BCUT2D eigenvalue weighted by Crippen LogP contribution is 2.26. The lowest BCUT2D eigenvalue weighted by Gasteiger charge is -2.09. The maximum Gasteiger partial charge on any atom is 0.257 e. The molecule has 1 amide bonds. The first-order chi connectivity index (χ1) is 13.3. The van der Waals surface area contributed by atoms with Crippen molar-refractivity contribution in [1.82, 2.24) is 9.71 Å². The van der Waals surface area contributed by atoms with Crippen LogP contribution < -0.4 is 10.0 Å². The van der Waals surface area contributed by atoms with Gasteiger partial charge < -0.3 is 0 Å². The van der Waals surface area contributed by atoms with Crippen molar-refractivity contribution in [2.24, 2.45) is 0 Å². The van der Waals surface area contributed by atoms with Crippen LogP contribution in [0.4, 0.5) is 5.13 Å². The number of aromatic nitrogens is 1. The summed E-state index contributed by atoms with van der Waals surface area (Å²) in [7, 11) is -3.63. The lowest BCUT2D eigenvalue weighted by atomic mass is 10.1. The van der Waals surface area contributed by atoms with E-state index < -0.39 is 15.9 Å². The maximum absolute atomic E-state index is 12.7. The lowest BCUT2D eigenvalue weighted by molar-refractivity contribution is 0.102. The molecule has 3 aromatic rings. The van der Waals surface area contributed by atoms with Gasteiger partial charge in [-0.1, -0.05) is 42.8 Å². The predicted octanol–water partition coefficient (Wildman–Crippen LogP) is 3.98. The second kappa shape index (κ2) is 8.22. The van der Waals surface area contributed by atoms with Gasteiger partial charge in [-0.15, -0.1) is 11.3 Å². The number of amides is 1. The minimum atomic E-state index is -3.63. The number of hydrogen-bond donors (Lipinski definition) is 2. The van der Waals surface area contributed by atoms with E-state index in [1.54, 1.807) is 19.9 Å². The number of anilines is 1. The van der Waals surface area contributed by atoms with Gasteiger partial charge >= 0.3 is 0 Å². The van der Waals surface area contributed by atoms with Crippen molar-refractivity contribution < 1.29 is 13.2 Å². The summed E-state index contributed by atoms with van der Waals surface area (Å²) in [5, 5.41) is 5.10. The van der Waals surface area contributed by atoms with Gasteiger partial charge in [-0.2, -0.15) is 0 Å². The van der Waals surface area contributed by atoms with E-state index in [9.17, 15) is 13.2 Å². The van der Waals surface area contributed by atoms with Crippen LogP contribution in [0.5, 0.6) is 0 Å². The standard InChI is InChI=1S/C20H21N3O3S2/c1-4-21-28(25,26)16-10-7-14(3)17(11-16)19(24)23-20-22-18(12-27-20)15-8-5-13(2)6-9-15/h5-12,21H,4H2,1-3H3,(H,22,23,24). The molecule has 2 aromatic carbocycles. The van der Waals surface area contributed by atoms with Gasteiger partial charge in [0.25, 0.3) is 5.91 Å². The van der Waals surface area contributed by atoms with Gasteiger partial charge in [0, 0.05) is 23.1 Å². The molecule has 0 saturated carbocycles. The first-order valence-electron chi connectivity index (χ1n) is 8.74. The van der Waals surface area contributed by atoms with Crippen LogP contribution in [0.25, 0.3) is 11.3 Å². The van der Waals surface area contributed by atoms with Crippen molar-refractivity contribution >= 4 is 32.4 Å². The Balaban J connectivity index is 1.83. The molecule has 2 N–H and O–H groups in total. The third-order valence-corrected chi connectivity index (χ3v) is 6.47. The average Bonchev–Trinajstić information content (AvgIpc) is 3.10. The Morgan fingerprint density at radius 3 is 2.50 bits per heavy atom. The molecule has 0 spiro atoms. The van der Waals surface area contributed by atoms with E-state index in [0.29, 0.717) is 16.3 Å². The minimum Gasteiger partial charge on any atom is -0.298 e. The molecular formula is C20H21N3O3S2. The van der Waals surface area contributed by atoms with Crippen LogP contribution in [0.3, 0.4) is 0 Å². The molecule has 0 unspecified atom stereocenters. The van der Waals surface area contributed by atoms with Crippen LogP contribution in [0.2, 0.25) is 0 Å². The molecule has 0 saturated heterocycles. The van der Waals surface area contributed by atoms with Gasteiger partial charge in [-0.3, -0.25) is 10.1 Å². The van der Waals surface area contributed by atoms with Gasteiger partial charge in [0.15, 0.2) is 5.13 Å². The fourth-order valence-electron chi connectivity index (χ4n) is 2.64. The van der Waals surface area contributed by atoms with Gasteiger partial charge in [0.1, 0.15) is 0 Å². The number of rotatable bonds is 6. The monoisotopic (exact) mass is 415 g/mol. The highest BCUT2D eigenvalue weighted by molar-refractivity contribution is 7.89. The molecule has 3 rings (SSSR count). The summed E-state index contributed by atoms with van der Waals surface area (Å²) in [6.07, 6.45) is 0. The Bertz CT molecular complexity index is 1100. The fourth-order valence-corrected chi connectivity index (χ4v) is 4.42. The molecule has 28 heavy (non-hydrogen) atoms. The molecule has 6 nitrogen and oxygen atoms in total. The topological polar surface area (TPSA) is 88.2 Å². The molecular weight excluding hydrogens is 394 g/mol. The molecule has 1 heterocycles. The number of nitrogens with one attached hydrogen (secondary N) is 2. The van der Waals surface area contributed by atoms with E-state index in [-0.39, 0.29) is 11.4 Å². The summed E-state index contributed by atoms with van der Waals surface area (Å²) in [5.74, 6) is -0.393. The smallest absolute Gasteiger partial charge is 0.257 e. The molecule has 0 atom stereocenters. The molecule has 0 bridgehead atoms. The van der Waals surface area contributed by atoms with Crippen molar-refractivity contribution in [3.05, 3.63) is 64.5 Å². The van der Waals surface area contributed by atoms with E-state index in [4.69, 9.17) is 0 Å². The van der Waals surface area contributed by atoms with E-state index in [1.165, 1.54) is 23.5 Å². The van der Waals surface area contributed by atoms with Crippen LogP contribution in [-0.2, 0) is 10.0 Å². The normalized spacial score (nSPS) is 11.4. The quantitative estimate of drug-likeness (QED) is 0.637. The first-order valence-corrected chi connectivity index (χ1v) is 11.1. The van der Waals surface area contributed by atoms with Crippen molar-refractivity contribution in [3.8, 4) is 11.3 Å². The molecule has 0 fully saturated rings. The number of carbonyl (C=O) groups is 1. The van der Waals surface area contributed by atoms with Crippen LogP contribution in [0, 0.1) is 13.8 Å². The summed E-state index contributed by atoms with van der Waals surface area (Å²) >= 11 is 1.32. The number of hydrogen-bond acceptors (Lipinski definition) is 5. The number of benzene rings is 2. The Labute approximate surface area is 168 Å². The summed E-state index contributed by atoms with van der Waals surface area (Å²) in [6, 6.07) is 12.5. The minimum absolute atomic E-state index is 0.0598. The molecule has 0 aliphatic heterocycles. The first kappa shape index (κ1) is 20.2. The molecule has 1 aromatic heterocycles. The summed E-state index contributed by atoms with van der Waals surface area (Å²) in [5.41, 5.74) is 3.89. The van der Waals surface area contributed by atoms with Gasteiger partial charge in [0.2, 0.25) is 10.0 Å². The third kappa shape index (κ3) is 4.46. The van der Waals surface area contributed by atoms with Crippen molar-refractivity contribution in [2.45, 2.75) is 25.7 Å². The Morgan fingerprint density at radius 1 is 1.11 bits per heavy atom. The molecule has 0 aliphatic rings. The maximum atomic E-state index is 12.7. The van der Waals surface area contributed by atoms with Gasteiger partial charge in [0.05, 0.1) is 10.6 Å². The van der Waals surface area contributed by atoms with Gasteiger partial charge in [-0.25, -0.2) is 18.1 Å². The average molecular weight is 416 g/mol. The second-order valence-electron chi connectivity index (χ2n) is 6.34. The lowest BCUT2D eigenvalue weighted by Crippen LogP contribution is -2.24. The largest absolute Gasteiger partial charge is 0.298 e. The predicted molar refractivity (Wildman–Crippen MR) is 112 cm³/mol. The molecule has 0 radical (unpaired) electrons. The van der Waals surface area contributed by atoms with Crippen LogP contribution in [0.1, 0.15) is 28.4 Å². The number of nitrogens with zero attached hydrogens (tertiary/aromatic N) is 1. The Hall–Kier alpha value is -2.55. The zero-order valence-electron chi connectivity index (χ0n) is 15.8. The van der Waals surface area contributed by atoms with Crippen LogP contribution >= 0.6 is 11.3 Å². The zero-order chi connectivity index (χ0) is 20.3. The van der Waals surface area contributed by atoms with Crippen LogP contribution in [0.15, 0.2) is 52.7 Å². The Morgan fingerprint density at radius 2 is 1.82 bits per heavy atom. The SMILES string of the molecule is CCNS(=O)(=O)c1ccc(C)c(C(=O)Nc2nc(-c3ccc(C)cc3)cs2)c1. The zero-order valence-corrected chi connectivity index (χ0v) is 17.4. The second-order valence-corrected chi connectivity index (χ2v) is 8.96. The van der Waals surface area contributed by atoms with Crippen molar-refractivity contribution in [1.29, 1.82) is 0 Å². The summed E-state index contributed by atoms with van der Waals surface area (Å²) in [4.78, 5) is 17.2. The summed E-state index contributed by atoms with van der Waals surface area (Å²) in [6.45, 7) is 5.76. The highest BCUT2D eigenvalue weighted by atomic mass is 32.2. The third-order valence-electron chi connectivity index (χ3n) is 4.17. The van der Waals surface area contributed by atoms with Crippen molar-refractivity contribution in [3.63, 3.8) is 0 Å².